The van der Waals surface area contributed by atoms with Crippen molar-refractivity contribution in [3.05, 3.63) is 82.9 Å². The molecule has 1 amide bonds. The van der Waals surface area contributed by atoms with E-state index in [1.54, 1.807) is 44.6 Å². The zero-order valence-electron chi connectivity index (χ0n) is 17.1. The molecule has 0 aliphatic rings. The number of carbonyl (C=O) groups is 1. The van der Waals surface area contributed by atoms with Crippen LogP contribution in [0.2, 0.25) is 0 Å². The number of anilines is 1. The van der Waals surface area contributed by atoms with Gasteiger partial charge in [0.15, 0.2) is 0 Å². The van der Waals surface area contributed by atoms with Crippen LogP contribution in [0.3, 0.4) is 0 Å². The van der Waals surface area contributed by atoms with Crippen LogP contribution in [0.15, 0.2) is 60.7 Å². The van der Waals surface area contributed by atoms with Gasteiger partial charge in [-0.3, -0.25) is 4.79 Å². The van der Waals surface area contributed by atoms with Crippen molar-refractivity contribution in [1.29, 1.82) is 0 Å². The van der Waals surface area contributed by atoms with Crippen LogP contribution in [0.25, 0.3) is 0 Å². The van der Waals surface area contributed by atoms with Crippen molar-refractivity contribution in [2.24, 2.45) is 0 Å². The average Bonchev–Trinajstić information content (AvgIpc) is 2.71. The second-order valence-electron chi connectivity index (χ2n) is 6.79. The molecular formula is C24H25NO4. The normalized spacial score (nSPS) is 10.3. The van der Waals surface area contributed by atoms with Gasteiger partial charge in [-0.25, -0.2) is 0 Å². The first kappa shape index (κ1) is 20.3. The lowest BCUT2D eigenvalue weighted by Gasteiger charge is -2.14. The molecule has 0 aliphatic heterocycles. The summed E-state index contributed by atoms with van der Waals surface area (Å²) in [5, 5.41) is 2.89. The van der Waals surface area contributed by atoms with Gasteiger partial charge in [-0.1, -0.05) is 18.2 Å². The molecule has 0 atom stereocenters. The van der Waals surface area contributed by atoms with Gasteiger partial charge in [-0.15, -0.1) is 0 Å². The molecule has 0 unspecified atom stereocenters. The second-order valence-corrected chi connectivity index (χ2v) is 6.79. The largest absolute Gasteiger partial charge is 0.496 e. The maximum atomic E-state index is 12.7. The first-order valence-corrected chi connectivity index (χ1v) is 9.32. The summed E-state index contributed by atoms with van der Waals surface area (Å²) in [5.74, 6) is 1.83. The van der Waals surface area contributed by atoms with E-state index in [-0.39, 0.29) is 5.91 Å². The molecule has 3 rings (SSSR count). The van der Waals surface area contributed by atoms with Crippen molar-refractivity contribution in [1.82, 2.24) is 0 Å². The van der Waals surface area contributed by atoms with E-state index in [4.69, 9.17) is 14.2 Å². The van der Waals surface area contributed by atoms with Crippen LogP contribution in [0, 0.1) is 13.8 Å². The molecule has 0 bridgehead atoms. The number of aryl methyl sites for hydroxylation is 2. The van der Waals surface area contributed by atoms with Gasteiger partial charge in [0.2, 0.25) is 0 Å². The van der Waals surface area contributed by atoms with Crippen molar-refractivity contribution >= 4 is 11.6 Å². The van der Waals surface area contributed by atoms with Gasteiger partial charge in [0, 0.05) is 11.1 Å². The standard InChI is InChI=1S/C24H25NO4/c1-16-11-17(2)13-20(12-16)29-15-19-14-18(9-10-22(19)27-3)24(26)25-21-7-5-6-8-23(21)28-4/h5-14H,15H2,1-4H3,(H,25,26). The van der Waals surface area contributed by atoms with Crippen LogP contribution in [-0.2, 0) is 6.61 Å². The molecule has 0 radical (unpaired) electrons. The number of carbonyl (C=O) groups excluding carboxylic acids is 1. The van der Waals surface area contributed by atoms with Crippen molar-refractivity contribution in [2.45, 2.75) is 20.5 Å². The average molecular weight is 391 g/mol. The molecule has 0 heterocycles. The molecule has 0 fully saturated rings. The first-order chi connectivity index (χ1) is 14.0. The summed E-state index contributed by atoms with van der Waals surface area (Å²) in [7, 11) is 3.17. The molecule has 0 saturated heterocycles. The summed E-state index contributed by atoms with van der Waals surface area (Å²) >= 11 is 0. The van der Waals surface area contributed by atoms with Gasteiger partial charge >= 0.3 is 0 Å². The Hall–Kier alpha value is -3.47. The highest BCUT2D eigenvalue weighted by Gasteiger charge is 2.13. The van der Waals surface area contributed by atoms with Gasteiger partial charge in [0.05, 0.1) is 19.9 Å². The molecule has 150 valence electrons. The minimum Gasteiger partial charge on any atom is -0.496 e. The van der Waals surface area contributed by atoms with Gasteiger partial charge in [-0.2, -0.15) is 0 Å². The number of ether oxygens (including phenoxy) is 3. The van der Waals surface area contributed by atoms with Crippen LogP contribution < -0.4 is 19.5 Å². The van der Waals surface area contributed by atoms with E-state index in [2.05, 4.69) is 11.4 Å². The zero-order chi connectivity index (χ0) is 20.8. The van der Waals surface area contributed by atoms with Gasteiger partial charge in [-0.05, 0) is 67.4 Å². The molecule has 0 spiro atoms. The molecule has 3 aromatic carbocycles. The van der Waals surface area contributed by atoms with E-state index in [1.165, 1.54) is 0 Å². The number of nitrogens with one attached hydrogen (secondary N) is 1. The molecule has 0 aromatic heterocycles. The third-order valence-corrected chi connectivity index (χ3v) is 4.49. The van der Waals surface area contributed by atoms with Gasteiger partial charge in [0.25, 0.3) is 5.91 Å². The Labute approximate surface area is 171 Å². The summed E-state index contributed by atoms with van der Waals surface area (Å²) in [5.41, 5.74) is 4.19. The predicted octanol–water partition coefficient (Wildman–Crippen LogP) is 5.15. The molecule has 3 aromatic rings. The van der Waals surface area contributed by atoms with Crippen LogP contribution >= 0.6 is 0 Å². The molecule has 0 saturated carbocycles. The third kappa shape index (κ3) is 5.08. The Kier molecular flexibility index (Phi) is 6.39. The van der Waals surface area contributed by atoms with Crippen LogP contribution in [0.5, 0.6) is 17.2 Å². The van der Waals surface area contributed by atoms with E-state index in [1.807, 2.05) is 38.1 Å². The Morgan fingerprint density at radius 1 is 0.862 bits per heavy atom. The Balaban J connectivity index is 1.79. The quantitative estimate of drug-likeness (QED) is 0.605. The zero-order valence-corrected chi connectivity index (χ0v) is 17.1. The minimum absolute atomic E-state index is 0.232. The number of rotatable bonds is 7. The number of methoxy groups -OCH3 is 2. The fourth-order valence-corrected chi connectivity index (χ4v) is 3.15. The topological polar surface area (TPSA) is 56.8 Å². The number of benzene rings is 3. The summed E-state index contributed by atoms with van der Waals surface area (Å²) in [6, 6.07) is 18.6. The minimum atomic E-state index is -0.232. The third-order valence-electron chi connectivity index (χ3n) is 4.49. The first-order valence-electron chi connectivity index (χ1n) is 9.32. The monoisotopic (exact) mass is 391 g/mol. The Morgan fingerprint density at radius 2 is 1.55 bits per heavy atom. The highest BCUT2D eigenvalue weighted by atomic mass is 16.5. The number of para-hydroxylation sites is 2. The van der Waals surface area contributed by atoms with E-state index >= 15 is 0 Å². The van der Waals surface area contributed by atoms with Crippen molar-refractivity contribution in [3.63, 3.8) is 0 Å². The van der Waals surface area contributed by atoms with Gasteiger partial charge in [0.1, 0.15) is 23.9 Å². The molecular weight excluding hydrogens is 366 g/mol. The number of hydrogen-bond acceptors (Lipinski definition) is 4. The Morgan fingerprint density at radius 3 is 2.24 bits per heavy atom. The number of amides is 1. The second kappa shape index (κ2) is 9.15. The maximum absolute atomic E-state index is 12.7. The fourth-order valence-electron chi connectivity index (χ4n) is 3.15. The summed E-state index contributed by atoms with van der Waals surface area (Å²) in [6.07, 6.45) is 0. The highest BCUT2D eigenvalue weighted by molar-refractivity contribution is 6.05. The molecule has 5 heteroatoms. The fraction of sp³-hybridized carbons (Fsp3) is 0.208. The molecule has 1 N–H and O–H groups in total. The lowest BCUT2D eigenvalue weighted by atomic mass is 10.1. The molecule has 0 aliphatic carbocycles. The smallest absolute Gasteiger partial charge is 0.255 e. The van der Waals surface area contributed by atoms with E-state index < -0.39 is 0 Å². The summed E-state index contributed by atoms with van der Waals surface area (Å²) in [4.78, 5) is 12.7. The summed E-state index contributed by atoms with van der Waals surface area (Å²) in [6.45, 7) is 4.36. The summed E-state index contributed by atoms with van der Waals surface area (Å²) < 4.78 is 16.7. The van der Waals surface area contributed by atoms with Crippen molar-refractivity contribution < 1.29 is 19.0 Å². The van der Waals surface area contributed by atoms with Crippen LogP contribution in [0.4, 0.5) is 5.69 Å². The molecule has 5 nitrogen and oxygen atoms in total. The van der Waals surface area contributed by atoms with Crippen molar-refractivity contribution in [3.8, 4) is 17.2 Å². The lowest BCUT2D eigenvalue weighted by Crippen LogP contribution is -2.13. The predicted molar refractivity (Wildman–Crippen MR) is 114 cm³/mol. The number of hydrogen-bond donors (Lipinski definition) is 1. The molecule has 29 heavy (non-hydrogen) atoms. The maximum Gasteiger partial charge on any atom is 0.255 e. The Bertz CT molecular complexity index is 993. The van der Waals surface area contributed by atoms with Crippen LogP contribution in [0.1, 0.15) is 27.0 Å². The van der Waals surface area contributed by atoms with E-state index in [9.17, 15) is 4.79 Å². The van der Waals surface area contributed by atoms with E-state index in [0.717, 1.165) is 22.4 Å². The van der Waals surface area contributed by atoms with Crippen molar-refractivity contribution in [2.75, 3.05) is 19.5 Å². The lowest BCUT2D eigenvalue weighted by molar-refractivity contribution is 0.102. The SMILES string of the molecule is COc1ccc(C(=O)Nc2ccccc2OC)cc1COc1cc(C)cc(C)c1. The highest BCUT2D eigenvalue weighted by Crippen LogP contribution is 2.26. The van der Waals surface area contributed by atoms with E-state index in [0.29, 0.717) is 29.4 Å². The van der Waals surface area contributed by atoms with Gasteiger partial charge < -0.3 is 19.5 Å². The van der Waals surface area contributed by atoms with Crippen LogP contribution in [-0.4, -0.2) is 20.1 Å².